The number of hydrogen-bond donors (Lipinski definition) is 1. The lowest BCUT2D eigenvalue weighted by atomic mass is 10.1. The van der Waals surface area contributed by atoms with Crippen LogP contribution in [0, 0.1) is 5.82 Å². The lowest BCUT2D eigenvalue weighted by molar-refractivity contribution is 0.0600. The Morgan fingerprint density at radius 2 is 2.33 bits per heavy atom. The molecule has 1 fully saturated rings. The van der Waals surface area contributed by atoms with Gasteiger partial charge in [0, 0.05) is 25.7 Å². The molecule has 1 saturated heterocycles. The number of carbonyl (C=O) groups excluding carboxylic acids is 1. The molecule has 0 radical (unpaired) electrons. The smallest absolute Gasteiger partial charge is 0.337 e. The average molecular weight is 252 g/mol. The second-order valence-electron chi connectivity index (χ2n) is 4.40. The Morgan fingerprint density at radius 3 is 2.94 bits per heavy atom. The van der Waals surface area contributed by atoms with Gasteiger partial charge in [0.25, 0.3) is 0 Å². The summed E-state index contributed by atoms with van der Waals surface area (Å²) in [4.78, 5) is 13.3. The Bertz CT molecular complexity index is 451. The monoisotopic (exact) mass is 252 g/mol. The largest absolute Gasteiger partial charge is 0.465 e. The van der Waals surface area contributed by atoms with Crippen molar-refractivity contribution in [3.8, 4) is 0 Å². The number of methoxy groups -OCH3 is 1. The molecule has 1 N–H and O–H groups in total. The summed E-state index contributed by atoms with van der Waals surface area (Å²) in [6, 6.07) is 4.70. The van der Waals surface area contributed by atoms with Crippen molar-refractivity contribution in [1.29, 1.82) is 0 Å². The van der Waals surface area contributed by atoms with Crippen LogP contribution in [0.1, 0.15) is 17.3 Å². The van der Waals surface area contributed by atoms with Gasteiger partial charge in [0.1, 0.15) is 5.82 Å². The minimum absolute atomic E-state index is 0.234. The van der Waals surface area contributed by atoms with Crippen molar-refractivity contribution in [1.82, 2.24) is 5.32 Å². The van der Waals surface area contributed by atoms with Gasteiger partial charge in [-0.05, 0) is 25.1 Å². The zero-order chi connectivity index (χ0) is 13.1. The SMILES string of the molecule is COC(=O)c1ccc(N2CCNCC2C)c(F)c1. The van der Waals surface area contributed by atoms with Crippen molar-refractivity contribution in [2.24, 2.45) is 0 Å². The summed E-state index contributed by atoms with van der Waals surface area (Å²) in [5, 5.41) is 3.25. The molecule has 0 aliphatic carbocycles. The van der Waals surface area contributed by atoms with Crippen LogP contribution in [0.15, 0.2) is 18.2 Å². The number of nitrogens with one attached hydrogen (secondary N) is 1. The van der Waals surface area contributed by atoms with E-state index in [4.69, 9.17) is 0 Å². The zero-order valence-corrected chi connectivity index (χ0v) is 10.6. The van der Waals surface area contributed by atoms with E-state index in [0.717, 1.165) is 19.6 Å². The minimum Gasteiger partial charge on any atom is -0.465 e. The van der Waals surface area contributed by atoms with Crippen molar-refractivity contribution in [2.45, 2.75) is 13.0 Å². The number of halogens is 1. The number of esters is 1. The van der Waals surface area contributed by atoms with Gasteiger partial charge < -0.3 is 15.0 Å². The fourth-order valence-corrected chi connectivity index (χ4v) is 2.18. The highest BCUT2D eigenvalue weighted by atomic mass is 19.1. The molecule has 1 aromatic rings. The first-order valence-corrected chi connectivity index (χ1v) is 5.98. The fraction of sp³-hybridized carbons (Fsp3) is 0.462. The van der Waals surface area contributed by atoms with Gasteiger partial charge in [-0.15, -0.1) is 0 Å². The lowest BCUT2D eigenvalue weighted by Gasteiger charge is -2.36. The average Bonchev–Trinajstić information content (AvgIpc) is 2.39. The Hall–Kier alpha value is -1.62. The molecule has 0 amide bonds. The number of benzene rings is 1. The van der Waals surface area contributed by atoms with E-state index in [1.807, 2.05) is 11.8 Å². The van der Waals surface area contributed by atoms with Crippen molar-refractivity contribution < 1.29 is 13.9 Å². The molecule has 0 spiro atoms. The molecule has 0 saturated carbocycles. The molecule has 18 heavy (non-hydrogen) atoms. The number of hydrogen-bond acceptors (Lipinski definition) is 4. The molecule has 1 aliphatic heterocycles. The van der Waals surface area contributed by atoms with Crippen LogP contribution in [0.4, 0.5) is 10.1 Å². The van der Waals surface area contributed by atoms with E-state index < -0.39 is 5.97 Å². The van der Waals surface area contributed by atoms with Crippen LogP contribution in [0.2, 0.25) is 0 Å². The van der Waals surface area contributed by atoms with Gasteiger partial charge in [-0.25, -0.2) is 9.18 Å². The molecular formula is C13H17FN2O2. The molecule has 0 aromatic heterocycles. The molecule has 5 heteroatoms. The molecule has 0 bridgehead atoms. The van der Waals surface area contributed by atoms with Crippen molar-refractivity contribution in [3.63, 3.8) is 0 Å². The highest BCUT2D eigenvalue weighted by Gasteiger charge is 2.21. The Kier molecular flexibility index (Phi) is 3.81. The first-order chi connectivity index (χ1) is 8.63. The Balaban J connectivity index is 2.26. The Morgan fingerprint density at radius 1 is 1.56 bits per heavy atom. The molecule has 2 rings (SSSR count). The van der Waals surface area contributed by atoms with E-state index in [1.165, 1.54) is 13.2 Å². The second kappa shape index (κ2) is 5.35. The van der Waals surface area contributed by atoms with Gasteiger partial charge >= 0.3 is 5.97 Å². The van der Waals surface area contributed by atoms with Gasteiger partial charge in [0.2, 0.25) is 0 Å². The van der Waals surface area contributed by atoms with E-state index in [1.54, 1.807) is 12.1 Å². The molecular weight excluding hydrogens is 235 g/mol. The number of piperazine rings is 1. The zero-order valence-electron chi connectivity index (χ0n) is 10.6. The summed E-state index contributed by atoms with van der Waals surface area (Å²) in [6.45, 7) is 4.47. The first kappa shape index (κ1) is 12.8. The number of anilines is 1. The van der Waals surface area contributed by atoms with Crippen LogP contribution in [0.5, 0.6) is 0 Å². The van der Waals surface area contributed by atoms with Crippen molar-refractivity contribution in [3.05, 3.63) is 29.6 Å². The topological polar surface area (TPSA) is 41.6 Å². The van der Waals surface area contributed by atoms with Crippen molar-refractivity contribution in [2.75, 3.05) is 31.6 Å². The predicted molar refractivity (Wildman–Crippen MR) is 67.4 cm³/mol. The highest BCUT2D eigenvalue weighted by molar-refractivity contribution is 5.89. The van der Waals surface area contributed by atoms with Gasteiger partial charge in [0.15, 0.2) is 0 Å². The van der Waals surface area contributed by atoms with Crippen LogP contribution < -0.4 is 10.2 Å². The van der Waals surface area contributed by atoms with E-state index in [-0.39, 0.29) is 17.4 Å². The molecule has 1 heterocycles. The maximum Gasteiger partial charge on any atom is 0.337 e. The van der Waals surface area contributed by atoms with E-state index >= 15 is 0 Å². The van der Waals surface area contributed by atoms with E-state index in [2.05, 4.69) is 10.1 Å². The molecule has 4 nitrogen and oxygen atoms in total. The van der Waals surface area contributed by atoms with Gasteiger partial charge in [-0.3, -0.25) is 0 Å². The van der Waals surface area contributed by atoms with Gasteiger partial charge in [-0.1, -0.05) is 0 Å². The third-order valence-corrected chi connectivity index (χ3v) is 3.18. The second-order valence-corrected chi connectivity index (χ2v) is 4.40. The summed E-state index contributed by atoms with van der Waals surface area (Å²) in [5.74, 6) is -0.902. The number of carbonyl (C=O) groups is 1. The highest BCUT2D eigenvalue weighted by Crippen LogP contribution is 2.23. The molecule has 1 aliphatic rings. The maximum absolute atomic E-state index is 14.0. The summed E-state index contributed by atoms with van der Waals surface area (Å²) in [7, 11) is 1.28. The minimum atomic E-state index is -0.520. The summed E-state index contributed by atoms with van der Waals surface area (Å²) in [5.41, 5.74) is 0.776. The predicted octanol–water partition coefficient (Wildman–Crippen LogP) is 1.41. The van der Waals surface area contributed by atoms with Crippen LogP contribution >= 0.6 is 0 Å². The van der Waals surface area contributed by atoms with Crippen molar-refractivity contribution >= 4 is 11.7 Å². The molecule has 98 valence electrons. The van der Waals surface area contributed by atoms with Crippen LogP contribution in [-0.2, 0) is 4.74 Å². The van der Waals surface area contributed by atoms with E-state index in [9.17, 15) is 9.18 Å². The molecule has 1 unspecified atom stereocenters. The van der Waals surface area contributed by atoms with Gasteiger partial charge in [-0.2, -0.15) is 0 Å². The number of ether oxygens (including phenoxy) is 1. The summed E-state index contributed by atoms with van der Waals surface area (Å²) >= 11 is 0. The normalized spacial score (nSPS) is 19.7. The third kappa shape index (κ3) is 2.46. The maximum atomic E-state index is 14.0. The lowest BCUT2D eigenvalue weighted by Crippen LogP contribution is -2.50. The summed E-state index contributed by atoms with van der Waals surface area (Å²) < 4.78 is 18.6. The van der Waals surface area contributed by atoms with E-state index in [0.29, 0.717) is 5.69 Å². The third-order valence-electron chi connectivity index (χ3n) is 3.18. The molecule has 1 atom stereocenters. The van der Waals surface area contributed by atoms with Crippen LogP contribution in [-0.4, -0.2) is 38.8 Å². The quantitative estimate of drug-likeness (QED) is 0.808. The van der Waals surface area contributed by atoms with Gasteiger partial charge in [0.05, 0.1) is 18.4 Å². The number of nitrogens with zero attached hydrogens (tertiary/aromatic N) is 1. The number of rotatable bonds is 2. The summed E-state index contributed by atoms with van der Waals surface area (Å²) in [6.07, 6.45) is 0. The molecule has 1 aromatic carbocycles. The van der Waals surface area contributed by atoms with Crippen LogP contribution in [0.3, 0.4) is 0 Å². The Labute approximate surface area is 106 Å². The first-order valence-electron chi connectivity index (χ1n) is 5.98. The standard InChI is InChI=1S/C13H17FN2O2/c1-9-8-15-5-6-16(9)12-4-3-10(7-11(12)14)13(17)18-2/h3-4,7,9,15H,5-6,8H2,1-2H3. The fourth-order valence-electron chi connectivity index (χ4n) is 2.18. The van der Waals surface area contributed by atoms with Crippen LogP contribution in [0.25, 0.3) is 0 Å².